The van der Waals surface area contributed by atoms with Crippen LogP contribution < -0.4 is 5.43 Å². The van der Waals surface area contributed by atoms with Crippen molar-refractivity contribution < 1.29 is 9.90 Å². The molecule has 98 valence electrons. The van der Waals surface area contributed by atoms with Crippen LogP contribution in [0, 0.1) is 0 Å². The monoisotopic (exact) mass is 314 g/mol. The van der Waals surface area contributed by atoms with Crippen molar-refractivity contribution >= 4 is 46.7 Å². The van der Waals surface area contributed by atoms with E-state index in [0.29, 0.717) is 16.1 Å². The second-order valence-electron chi connectivity index (χ2n) is 3.54. The number of nitrogens with zero attached hydrogens (tertiary/aromatic N) is 1. The van der Waals surface area contributed by atoms with Crippen molar-refractivity contribution in [3.63, 3.8) is 0 Å². The zero-order chi connectivity index (χ0) is 13.8. The standard InChI is InChI=1S/C12H8Cl2N2O2S/c13-9-3-8(11(17)10(14)4-9)5-15-16-12(18)7-1-2-19-6-7/h1-6,17H,(H,16,18)/b15-5+. The summed E-state index contributed by atoms with van der Waals surface area (Å²) in [6.07, 6.45) is 1.28. The summed E-state index contributed by atoms with van der Waals surface area (Å²) in [7, 11) is 0. The zero-order valence-corrected chi connectivity index (χ0v) is 11.8. The van der Waals surface area contributed by atoms with Gasteiger partial charge in [0.2, 0.25) is 0 Å². The number of rotatable bonds is 3. The molecule has 1 aromatic heterocycles. The third-order valence-corrected chi connectivity index (χ3v) is 3.40. The molecule has 0 aliphatic rings. The molecule has 1 heterocycles. The smallest absolute Gasteiger partial charge is 0.272 e. The maximum atomic E-state index is 11.6. The molecule has 0 aliphatic carbocycles. The molecule has 0 atom stereocenters. The summed E-state index contributed by atoms with van der Waals surface area (Å²) < 4.78 is 0. The van der Waals surface area contributed by atoms with Crippen LogP contribution in [0.4, 0.5) is 0 Å². The van der Waals surface area contributed by atoms with Crippen LogP contribution in [-0.2, 0) is 0 Å². The molecule has 4 nitrogen and oxygen atoms in total. The van der Waals surface area contributed by atoms with Gasteiger partial charge in [-0.3, -0.25) is 4.79 Å². The van der Waals surface area contributed by atoms with E-state index < -0.39 is 0 Å². The molecule has 1 aromatic carbocycles. The highest BCUT2D eigenvalue weighted by molar-refractivity contribution is 7.08. The summed E-state index contributed by atoms with van der Waals surface area (Å²) in [6.45, 7) is 0. The number of hydrogen-bond donors (Lipinski definition) is 2. The SMILES string of the molecule is O=C(N/N=C/c1cc(Cl)cc(Cl)c1O)c1ccsc1. The molecule has 0 radical (unpaired) electrons. The number of benzene rings is 1. The van der Waals surface area contributed by atoms with Gasteiger partial charge in [0.25, 0.3) is 5.91 Å². The van der Waals surface area contributed by atoms with Gasteiger partial charge in [-0.05, 0) is 23.6 Å². The molecule has 7 heteroatoms. The molecular formula is C12H8Cl2N2O2S. The highest BCUT2D eigenvalue weighted by atomic mass is 35.5. The second kappa shape index (κ2) is 6.06. The van der Waals surface area contributed by atoms with Gasteiger partial charge >= 0.3 is 0 Å². The first-order valence-corrected chi connectivity index (χ1v) is 6.81. The largest absolute Gasteiger partial charge is 0.506 e. The zero-order valence-electron chi connectivity index (χ0n) is 9.43. The maximum Gasteiger partial charge on any atom is 0.272 e. The number of amides is 1. The minimum atomic E-state index is -0.329. The Morgan fingerprint density at radius 1 is 1.42 bits per heavy atom. The van der Waals surface area contributed by atoms with Crippen molar-refractivity contribution in [1.29, 1.82) is 0 Å². The Morgan fingerprint density at radius 2 is 2.21 bits per heavy atom. The molecule has 2 aromatic rings. The number of nitrogens with one attached hydrogen (secondary N) is 1. The van der Waals surface area contributed by atoms with Crippen molar-refractivity contribution in [2.75, 3.05) is 0 Å². The number of phenols is 1. The van der Waals surface area contributed by atoms with E-state index in [1.165, 1.54) is 29.7 Å². The number of hydrogen-bond acceptors (Lipinski definition) is 4. The molecular weight excluding hydrogens is 307 g/mol. The van der Waals surface area contributed by atoms with Gasteiger partial charge in [-0.2, -0.15) is 16.4 Å². The lowest BCUT2D eigenvalue weighted by atomic mass is 10.2. The minimum Gasteiger partial charge on any atom is -0.506 e. The van der Waals surface area contributed by atoms with Gasteiger partial charge in [0.15, 0.2) is 0 Å². The number of carbonyl (C=O) groups is 1. The topological polar surface area (TPSA) is 61.7 Å². The molecule has 0 aliphatic heterocycles. The highest BCUT2D eigenvalue weighted by Crippen LogP contribution is 2.29. The Hall–Kier alpha value is -1.56. The van der Waals surface area contributed by atoms with Crippen molar-refractivity contribution in [3.05, 3.63) is 50.1 Å². The Labute approximate surface area is 123 Å². The van der Waals surface area contributed by atoms with Crippen LogP contribution in [0.1, 0.15) is 15.9 Å². The number of aromatic hydroxyl groups is 1. The van der Waals surface area contributed by atoms with Crippen LogP contribution >= 0.6 is 34.5 Å². The Balaban J connectivity index is 2.09. The maximum absolute atomic E-state index is 11.6. The summed E-state index contributed by atoms with van der Waals surface area (Å²) in [6, 6.07) is 4.59. The van der Waals surface area contributed by atoms with E-state index in [0.717, 1.165) is 0 Å². The number of hydrazone groups is 1. The molecule has 2 N–H and O–H groups in total. The van der Waals surface area contributed by atoms with Gasteiger partial charge in [0.1, 0.15) is 5.75 Å². The normalized spacial score (nSPS) is 10.8. The van der Waals surface area contributed by atoms with Gasteiger partial charge < -0.3 is 5.11 Å². The lowest BCUT2D eigenvalue weighted by molar-refractivity contribution is 0.0955. The number of carbonyl (C=O) groups excluding carboxylic acids is 1. The Morgan fingerprint density at radius 3 is 2.89 bits per heavy atom. The molecule has 0 spiro atoms. The fraction of sp³-hybridized carbons (Fsp3) is 0. The number of phenolic OH excluding ortho intramolecular Hbond substituents is 1. The molecule has 0 fully saturated rings. The summed E-state index contributed by atoms with van der Waals surface area (Å²) in [5.74, 6) is -0.468. The van der Waals surface area contributed by atoms with Gasteiger partial charge in [0.05, 0.1) is 16.8 Å². The summed E-state index contributed by atoms with van der Waals surface area (Å²) >= 11 is 13.0. The molecule has 19 heavy (non-hydrogen) atoms. The van der Waals surface area contributed by atoms with Crippen LogP contribution in [0.2, 0.25) is 10.0 Å². The van der Waals surface area contributed by atoms with Crippen molar-refractivity contribution in [2.45, 2.75) is 0 Å². The lowest BCUT2D eigenvalue weighted by Crippen LogP contribution is -2.16. The molecule has 1 amide bonds. The fourth-order valence-electron chi connectivity index (χ4n) is 1.30. The summed E-state index contributed by atoms with van der Waals surface area (Å²) in [4.78, 5) is 11.6. The van der Waals surface area contributed by atoms with Crippen molar-refractivity contribution in [2.24, 2.45) is 5.10 Å². The average Bonchev–Trinajstić information content (AvgIpc) is 2.88. The molecule has 0 unspecified atom stereocenters. The average molecular weight is 315 g/mol. The van der Waals surface area contributed by atoms with Crippen molar-refractivity contribution in [3.8, 4) is 5.75 Å². The van der Waals surface area contributed by atoms with E-state index in [1.807, 2.05) is 0 Å². The first-order chi connectivity index (χ1) is 9.08. The van der Waals surface area contributed by atoms with E-state index in [2.05, 4.69) is 10.5 Å². The van der Waals surface area contributed by atoms with E-state index in [4.69, 9.17) is 23.2 Å². The van der Waals surface area contributed by atoms with E-state index in [9.17, 15) is 9.90 Å². The third kappa shape index (κ3) is 3.47. The molecule has 0 saturated carbocycles. The number of thiophene rings is 1. The number of halogens is 2. The van der Waals surface area contributed by atoms with Gasteiger partial charge in [-0.25, -0.2) is 5.43 Å². The third-order valence-electron chi connectivity index (χ3n) is 2.21. The first kappa shape index (κ1) is 13.9. The Bertz CT molecular complexity index is 627. The predicted octanol–water partition coefficient (Wildman–Crippen LogP) is 3.52. The van der Waals surface area contributed by atoms with Crippen LogP contribution in [0.25, 0.3) is 0 Å². The van der Waals surface area contributed by atoms with E-state index >= 15 is 0 Å². The summed E-state index contributed by atoms with van der Waals surface area (Å²) in [5.41, 5.74) is 3.19. The van der Waals surface area contributed by atoms with Crippen LogP contribution in [-0.4, -0.2) is 17.2 Å². The highest BCUT2D eigenvalue weighted by Gasteiger charge is 2.07. The minimum absolute atomic E-state index is 0.123. The lowest BCUT2D eigenvalue weighted by Gasteiger charge is -2.02. The van der Waals surface area contributed by atoms with Crippen molar-refractivity contribution in [1.82, 2.24) is 5.43 Å². The van der Waals surface area contributed by atoms with E-state index in [-0.39, 0.29) is 16.7 Å². The van der Waals surface area contributed by atoms with Gasteiger partial charge in [0, 0.05) is 16.0 Å². The van der Waals surface area contributed by atoms with E-state index in [1.54, 1.807) is 16.8 Å². The summed E-state index contributed by atoms with van der Waals surface area (Å²) in [5, 5.41) is 17.4. The van der Waals surface area contributed by atoms with Gasteiger partial charge in [-0.15, -0.1) is 0 Å². The predicted molar refractivity (Wildman–Crippen MR) is 77.5 cm³/mol. The first-order valence-electron chi connectivity index (χ1n) is 5.11. The van der Waals surface area contributed by atoms with Crippen LogP contribution in [0.5, 0.6) is 5.75 Å². The Kier molecular flexibility index (Phi) is 4.42. The second-order valence-corrected chi connectivity index (χ2v) is 5.16. The van der Waals surface area contributed by atoms with Crippen LogP contribution in [0.3, 0.4) is 0 Å². The van der Waals surface area contributed by atoms with Crippen LogP contribution in [0.15, 0.2) is 34.1 Å². The molecule has 2 rings (SSSR count). The fourth-order valence-corrected chi connectivity index (χ4v) is 2.45. The molecule has 0 bridgehead atoms. The molecule has 0 saturated heterocycles. The quantitative estimate of drug-likeness (QED) is 0.672. The van der Waals surface area contributed by atoms with Gasteiger partial charge in [-0.1, -0.05) is 23.2 Å².